The van der Waals surface area contributed by atoms with Gasteiger partial charge in [0, 0.05) is 0 Å². The molecule has 49 valence electrons. The van der Waals surface area contributed by atoms with E-state index in [1.54, 1.807) is 0 Å². The molecule has 0 aliphatic heterocycles. The lowest BCUT2D eigenvalue weighted by molar-refractivity contribution is 0.186. The maximum Gasteiger partial charge on any atom is 0.0822 e. The molecule has 0 N–H and O–H groups in total. The third-order valence-corrected chi connectivity index (χ3v) is 1.25. The largest absolute Gasteiger partial charge is 0.237 e. The van der Waals surface area contributed by atoms with Gasteiger partial charge in [-0.05, 0) is 6.42 Å². The lowest BCUT2D eigenvalue weighted by Gasteiger charge is -1.92. The van der Waals surface area contributed by atoms with Crippen molar-refractivity contribution in [3.05, 3.63) is 0 Å². The zero-order valence-corrected chi connectivity index (χ0v) is 5.65. The fourth-order valence-corrected chi connectivity index (χ4v) is 0.706. The monoisotopic (exact) mass is 115 g/mol. The van der Waals surface area contributed by atoms with E-state index in [9.17, 15) is 5.11 Å². The van der Waals surface area contributed by atoms with Crippen molar-refractivity contribution in [2.24, 2.45) is 0 Å². The zero-order valence-electron chi connectivity index (χ0n) is 5.65. The minimum absolute atomic E-state index is 0.115. The van der Waals surface area contributed by atoms with E-state index in [1.165, 1.54) is 19.3 Å². The quantitative estimate of drug-likeness (QED) is 0.490. The Hall–Kier alpha value is -0.0400. The molecular weight excluding hydrogens is 100 g/mol. The summed E-state index contributed by atoms with van der Waals surface area (Å²) in [6, 6.07) is 0. The van der Waals surface area contributed by atoms with Crippen LogP contribution in [-0.2, 0) is 5.11 Å². The minimum Gasteiger partial charge on any atom is -0.237 e. The fraction of sp³-hybridized carbons (Fsp3) is 1.00. The predicted octanol–water partition coefficient (Wildman–Crippen LogP) is 2.39. The van der Waals surface area contributed by atoms with Crippen molar-refractivity contribution in [1.29, 1.82) is 0 Å². The van der Waals surface area contributed by atoms with Gasteiger partial charge in [0.15, 0.2) is 0 Å². The van der Waals surface area contributed by atoms with E-state index in [0.717, 1.165) is 12.8 Å². The van der Waals surface area contributed by atoms with E-state index < -0.39 is 0 Å². The number of unbranched alkanes of at least 4 members (excludes halogenated alkanes) is 4. The van der Waals surface area contributed by atoms with E-state index in [0.29, 0.717) is 0 Å². The van der Waals surface area contributed by atoms with E-state index >= 15 is 0 Å². The van der Waals surface area contributed by atoms with Crippen LogP contribution in [0.25, 0.3) is 0 Å². The molecule has 0 amide bonds. The molecule has 8 heavy (non-hydrogen) atoms. The summed E-state index contributed by atoms with van der Waals surface area (Å²) in [5.74, 6) is 0. The number of hydrogen-bond donors (Lipinski definition) is 0. The van der Waals surface area contributed by atoms with Gasteiger partial charge < -0.3 is 0 Å². The highest BCUT2D eigenvalue weighted by Gasteiger charge is 1.84. The Kier molecular flexibility index (Phi) is 6.93. The summed E-state index contributed by atoms with van der Waals surface area (Å²) in [5, 5.41) is 9.89. The van der Waals surface area contributed by atoms with E-state index in [-0.39, 0.29) is 6.61 Å². The second-order valence-corrected chi connectivity index (χ2v) is 2.12. The van der Waals surface area contributed by atoms with Crippen molar-refractivity contribution < 1.29 is 5.11 Å². The van der Waals surface area contributed by atoms with Crippen LogP contribution >= 0.6 is 0 Å². The first-order valence-corrected chi connectivity index (χ1v) is 3.50. The normalized spacial score (nSPS) is 9.75. The third-order valence-electron chi connectivity index (χ3n) is 1.25. The standard InChI is InChI=1S/C7H15O/c1-2-3-4-5-6-7-8/h2-7H2,1H3. The fourth-order valence-electron chi connectivity index (χ4n) is 0.706. The first-order chi connectivity index (χ1) is 3.91. The first kappa shape index (κ1) is 7.96. The highest BCUT2D eigenvalue weighted by atomic mass is 16.2. The third kappa shape index (κ3) is 5.96. The summed E-state index contributed by atoms with van der Waals surface area (Å²) in [6.45, 7) is 2.29. The summed E-state index contributed by atoms with van der Waals surface area (Å²) in [6.07, 6.45) is 5.81. The molecule has 0 unspecified atom stereocenters. The van der Waals surface area contributed by atoms with Crippen molar-refractivity contribution in [1.82, 2.24) is 0 Å². The minimum atomic E-state index is 0.115. The van der Waals surface area contributed by atoms with E-state index in [1.807, 2.05) is 0 Å². The second kappa shape index (κ2) is 6.96. The van der Waals surface area contributed by atoms with Gasteiger partial charge in [-0.2, -0.15) is 0 Å². The molecule has 0 aliphatic carbocycles. The topological polar surface area (TPSA) is 19.9 Å². The van der Waals surface area contributed by atoms with Gasteiger partial charge in [-0.25, -0.2) is 5.11 Å². The smallest absolute Gasteiger partial charge is 0.0822 e. The molecule has 1 nitrogen and oxygen atoms in total. The highest BCUT2D eigenvalue weighted by Crippen LogP contribution is 2.00. The predicted molar refractivity (Wildman–Crippen MR) is 34.3 cm³/mol. The van der Waals surface area contributed by atoms with Gasteiger partial charge in [-0.3, -0.25) is 0 Å². The lowest BCUT2D eigenvalue weighted by atomic mass is 10.2. The molecule has 0 fully saturated rings. The maximum atomic E-state index is 9.89. The molecule has 0 saturated heterocycles. The molecule has 1 radical (unpaired) electrons. The van der Waals surface area contributed by atoms with Gasteiger partial charge in [-0.1, -0.05) is 32.6 Å². The SMILES string of the molecule is CCCCCCC[O]. The summed E-state index contributed by atoms with van der Waals surface area (Å²) in [4.78, 5) is 0. The van der Waals surface area contributed by atoms with Crippen molar-refractivity contribution in [3.63, 3.8) is 0 Å². The van der Waals surface area contributed by atoms with Crippen LogP contribution in [0.15, 0.2) is 0 Å². The van der Waals surface area contributed by atoms with Gasteiger partial charge >= 0.3 is 0 Å². The second-order valence-electron chi connectivity index (χ2n) is 2.12. The van der Waals surface area contributed by atoms with E-state index in [4.69, 9.17) is 0 Å². The molecule has 0 aromatic rings. The van der Waals surface area contributed by atoms with Crippen molar-refractivity contribution in [3.8, 4) is 0 Å². The molecule has 0 aliphatic rings. The van der Waals surface area contributed by atoms with Crippen molar-refractivity contribution in [2.75, 3.05) is 6.61 Å². The molecule has 0 heterocycles. The van der Waals surface area contributed by atoms with Crippen LogP contribution in [-0.4, -0.2) is 6.61 Å². The van der Waals surface area contributed by atoms with Crippen molar-refractivity contribution in [2.45, 2.75) is 39.0 Å². The molecule has 0 aromatic carbocycles. The average molecular weight is 115 g/mol. The molecule has 0 spiro atoms. The van der Waals surface area contributed by atoms with Crippen LogP contribution in [0.2, 0.25) is 0 Å². The van der Waals surface area contributed by atoms with Crippen LogP contribution in [0.1, 0.15) is 39.0 Å². The van der Waals surface area contributed by atoms with Gasteiger partial charge in [0.25, 0.3) is 0 Å². The number of rotatable bonds is 5. The van der Waals surface area contributed by atoms with Crippen LogP contribution < -0.4 is 0 Å². The Balaban J connectivity index is 2.53. The Morgan fingerprint density at radius 3 is 2.12 bits per heavy atom. The van der Waals surface area contributed by atoms with Crippen LogP contribution in [0.5, 0.6) is 0 Å². The Morgan fingerprint density at radius 1 is 1.00 bits per heavy atom. The molecule has 0 saturated carbocycles. The maximum absolute atomic E-state index is 9.89. The summed E-state index contributed by atoms with van der Waals surface area (Å²) in [7, 11) is 0. The summed E-state index contributed by atoms with van der Waals surface area (Å²) < 4.78 is 0. The molecule has 0 rings (SSSR count). The number of hydrogen-bond acceptors (Lipinski definition) is 0. The molecule has 0 atom stereocenters. The molecular formula is C7H15O. The van der Waals surface area contributed by atoms with Crippen LogP contribution in [0, 0.1) is 0 Å². The van der Waals surface area contributed by atoms with Crippen LogP contribution in [0.3, 0.4) is 0 Å². The Morgan fingerprint density at radius 2 is 1.62 bits per heavy atom. The lowest BCUT2D eigenvalue weighted by Crippen LogP contribution is -1.80. The average Bonchev–Trinajstić information content (AvgIpc) is 1.81. The van der Waals surface area contributed by atoms with Gasteiger partial charge in [0.05, 0.1) is 6.61 Å². The summed E-state index contributed by atoms with van der Waals surface area (Å²) >= 11 is 0. The highest BCUT2D eigenvalue weighted by molar-refractivity contribution is 4.39. The Bertz CT molecular complexity index is 29.4. The van der Waals surface area contributed by atoms with Crippen molar-refractivity contribution >= 4 is 0 Å². The van der Waals surface area contributed by atoms with Gasteiger partial charge in [0.2, 0.25) is 0 Å². The molecule has 0 bridgehead atoms. The first-order valence-electron chi connectivity index (χ1n) is 3.50. The molecule has 1 heteroatoms. The van der Waals surface area contributed by atoms with Gasteiger partial charge in [0.1, 0.15) is 0 Å². The van der Waals surface area contributed by atoms with Gasteiger partial charge in [-0.15, -0.1) is 0 Å². The zero-order chi connectivity index (χ0) is 6.24. The molecule has 0 aromatic heterocycles. The summed E-state index contributed by atoms with van der Waals surface area (Å²) in [5.41, 5.74) is 0. The van der Waals surface area contributed by atoms with E-state index in [2.05, 4.69) is 6.92 Å². The Labute approximate surface area is 51.7 Å². The van der Waals surface area contributed by atoms with Crippen LogP contribution in [0.4, 0.5) is 0 Å².